The lowest BCUT2D eigenvalue weighted by molar-refractivity contribution is 0.262. The van der Waals surface area contributed by atoms with E-state index in [0.717, 1.165) is 11.4 Å². The highest BCUT2D eigenvalue weighted by atomic mass is 16.2. The van der Waals surface area contributed by atoms with Gasteiger partial charge in [0, 0.05) is 18.8 Å². The summed E-state index contributed by atoms with van der Waals surface area (Å²) in [5.41, 5.74) is 1.62. The summed E-state index contributed by atoms with van der Waals surface area (Å²) in [7, 11) is 1.78. The van der Waals surface area contributed by atoms with Crippen LogP contribution in [-0.2, 0) is 7.05 Å². The Labute approximate surface area is 99.5 Å². The van der Waals surface area contributed by atoms with Crippen LogP contribution in [0.25, 0.3) is 0 Å². The number of urea groups is 1. The number of para-hydroxylation sites is 1. The number of nitrogens with one attached hydrogen (secondary N) is 2. The normalized spacial score (nSPS) is 10.0. The fourth-order valence-corrected chi connectivity index (χ4v) is 1.53. The Balaban J connectivity index is 2.01. The predicted octanol–water partition coefficient (Wildman–Crippen LogP) is 2.37. The third-order valence-corrected chi connectivity index (χ3v) is 2.28. The number of benzene rings is 1. The van der Waals surface area contributed by atoms with Gasteiger partial charge in [-0.05, 0) is 19.1 Å². The molecule has 0 radical (unpaired) electrons. The molecule has 0 saturated heterocycles. The zero-order valence-corrected chi connectivity index (χ0v) is 9.77. The third-order valence-electron chi connectivity index (χ3n) is 2.28. The second-order valence-corrected chi connectivity index (χ2v) is 3.74. The van der Waals surface area contributed by atoms with Crippen LogP contribution in [-0.4, -0.2) is 15.8 Å². The summed E-state index contributed by atoms with van der Waals surface area (Å²) in [4.78, 5) is 11.7. The molecule has 1 aromatic heterocycles. The van der Waals surface area contributed by atoms with Crippen molar-refractivity contribution < 1.29 is 4.79 Å². The Morgan fingerprint density at radius 1 is 1.24 bits per heavy atom. The minimum absolute atomic E-state index is 0.279. The Morgan fingerprint density at radius 3 is 2.53 bits per heavy atom. The summed E-state index contributed by atoms with van der Waals surface area (Å²) in [6, 6.07) is 10.8. The highest BCUT2D eigenvalue weighted by Gasteiger charge is 2.06. The number of hydrogen-bond donors (Lipinski definition) is 2. The van der Waals surface area contributed by atoms with E-state index < -0.39 is 0 Å². The van der Waals surface area contributed by atoms with Gasteiger partial charge in [-0.3, -0.25) is 10.00 Å². The zero-order chi connectivity index (χ0) is 12.3. The molecule has 0 fully saturated rings. The Hall–Kier alpha value is -2.30. The number of hydrogen-bond acceptors (Lipinski definition) is 2. The Kier molecular flexibility index (Phi) is 3.09. The van der Waals surface area contributed by atoms with Gasteiger partial charge in [-0.2, -0.15) is 5.10 Å². The number of aromatic nitrogens is 2. The number of carbonyl (C=O) groups is 1. The Bertz CT molecular complexity index is 519. The Morgan fingerprint density at radius 2 is 1.94 bits per heavy atom. The van der Waals surface area contributed by atoms with Gasteiger partial charge in [-0.15, -0.1) is 0 Å². The van der Waals surface area contributed by atoms with E-state index in [9.17, 15) is 4.79 Å². The molecule has 0 atom stereocenters. The van der Waals surface area contributed by atoms with Gasteiger partial charge in [0.2, 0.25) is 0 Å². The van der Waals surface area contributed by atoms with Crippen molar-refractivity contribution >= 4 is 17.5 Å². The van der Waals surface area contributed by atoms with Gasteiger partial charge >= 0.3 is 6.03 Å². The van der Waals surface area contributed by atoms with E-state index in [2.05, 4.69) is 15.7 Å². The van der Waals surface area contributed by atoms with Crippen LogP contribution in [0.2, 0.25) is 0 Å². The first-order valence-electron chi connectivity index (χ1n) is 5.29. The number of carbonyl (C=O) groups excluding carboxylic acids is 1. The summed E-state index contributed by atoms with van der Waals surface area (Å²) >= 11 is 0. The van der Waals surface area contributed by atoms with Gasteiger partial charge in [0.1, 0.15) is 5.82 Å². The molecule has 0 aliphatic heterocycles. The van der Waals surface area contributed by atoms with Crippen LogP contribution >= 0.6 is 0 Å². The molecule has 0 unspecified atom stereocenters. The first-order valence-corrected chi connectivity index (χ1v) is 5.29. The second kappa shape index (κ2) is 4.69. The molecule has 17 heavy (non-hydrogen) atoms. The van der Waals surface area contributed by atoms with Crippen LogP contribution in [0.4, 0.5) is 16.3 Å². The molecule has 5 nitrogen and oxygen atoms in total. The SMILES string of the molecule is Cc1cc(NC(=O)Nc2ccccc2)n(C)n1. The predicted molar refractivity (Wildman–Crippen MR) is 67.0 cm³/mol. The van der Waals surface area contributed by atoms with Crippen LogP contribution in [0.15, 0.2) is 36.4 Å². The monoisotopic (exact) mass is 230 g/mol. The quantitative estimate of drug-likeness (QED) is 0.832. The van der Waals surface area contributed by atoms with Crippen molar-refractivity contribution in [2.24, 2.45) is 7.05 Å². The van der Waals surface area contributed by atoms with Gasteiger partial charge in [0.05, 0.1) is 5.69 Å². The van der Waals surface area contributed by atoms with Crippen molar-refractivity contribution in [3.8, 4) is 0 Å². The molecule has 2 amide bonds. The summed E-state index contributed by atoms with van der Waals surface area (Å²) in [5, 5.41) is 9.61. The van der Waals surface area contributed by atoms with Gasteiger partial charge in [0.15, 0.2) is 0 Å². The lowest BCUT2D eigenvalue weighted by Crippen LogP contribution is -2.20. The number of aryl methyl sites for hydroxylation is 2. The molecule has 2 N–H and O–H groups in total. The number of amides is 2. The van der Waals surface area contributed by atoms with Crippen molar-refractivity contribution in [1.29, 1.82) is 0 Å². The largest absolute Gasteiger partial charge is 0.324 e. The maximum atomic E-state index is 11.7. The molecule has 0 aliphatic carbocycles. The molecule has 2 aromatic rings. The molecular weight excluding hydrogens is 216 g/mol. The number of rotatable bonds is 2. The van der Waals surface area contributed by atoms with Crippen molar-refractivity contribution in [2.45, 2.75) is 6.92 Å². The van der Waals surface area contributed by atoms with E-state index in [4.69, 9.17) is 0 Å². The van der Waals surface area contributed by atoms with Crippen LogP contribution in [0.1, 0.15) is 5.69 Å². The van der Waals surface area contributed by atoms with E-state index in [1.165, 1.54) is 0 Å². The van der Waals surface area contributed by atoms with Crippen LogP contribution < -0.4 is 10.6 Å². The highest BCUT2D eigenvalue weighted by molar-refractivity contribution is 5.99. The van der Waals surface area contributed by atoms with E-state index >= 15 is 0 Å². The molecule has 0 aliphatic rings. The van der Waals surface area contributed by atoms with Gasteiger partial charge < -0.3 is 5.32 Å². The van der Waals surface area contributed by atoms with Gasteiger partial charge in [-0.1, -0.05) is 18.2 Å². The van der Waals surface area contributed by atoms with Crippen molar-refractivity contribution in [2.75, 3.05) is 10.6 Å². The van der Waals surface area contributed by atoms with Gasteiger partial charge in [0.25, 0.3) is 0 Å². The average molecular weight is 230 g/mol. The molecule has 2 rings (SSSR count). The maximum absolute atomic E-state index is 11.7. The third kappa shape index (κ3) is 2.84. The fourth-order valence-electron chi connectivity index (χ4n) is 1.53. The van der Waals surface area contributed by atoms with Crippen LogP contribution in [0, 0.1) is 6.92 Å². The molecule has 5 heteroatoms. The zero-order valence-electron chi connectivity index (χ0n) is 9.77. The molecule has 1 heterocycles. The van der Waals surface area contributed by atoms with E-state index in [-0.39, 0.29) is 6.03 Å². The molecule has 0 spiro atoms. The number of nitrogens with zero attached hydrogens (tertiary/aromatic N) is 2. The van der Waals surface area contributed by atoms with E-state index in [1.54, 1.807) is 11.7 Å². The smallest absolute Gasteiger partial charge is 0.308 e. The minimum atomic E-state index is -0.279. The highest BCUT2D eigenvalue weighted by Crippen LogP contribution is 2.09. The van der Waals surface area contributed by atoms with Crippen molar-refractivity contribution in [1.82, 2.24) is 9.78 Å². The minimum Gasteiger partial charge on any atom is -0.308 e. The molecule has 88 valence electrons. The summed E-state index contributed by atoms with van der Waals surface area (Å²) < 4.78 is 1.62. The summed E-state index contributed by atoms with van der Waals surface area (Å²) in [6.45, 7) is 1.88. The van der Waals surface area contributed by atoms with Crippen molar-refractivity contribution in [3.05, 3.63) is 42.1 Å². The van der Waals surface area contributed by atoms with E-state index in [1.807, 2.05) is 43.3 Å². The fraction of sp³-hybridized carbons (Fsp3) is 0.167. The molecule has 0 saturated carbocycles. The summed E-state index contributed by atoms with van der Waals surface area (Å²) in [5.74, 6) is 0.663. The molecular formula is C12H14N4O. The lowest BCUT2D eigenvalue weighted by Gasteiger charge is -2.07. The molecule has 1 aromatic carbocycles. The maximum Gasteiger partial charge on any atom is 0.324 e. The van der Waals surface area contributed by atoms with Gasteiger partial charge in [-0.25, -0.2) is 4.79 Å². The first kappa shape index (κ1) is 11.2. The van der Waals surface area contributed by atoms with Crippen LogP contribution in [0.3, 0.4) is 0 Å². The van der Waals surface area contributed by atoms with E-state index in [0.29, 0.717) is 5.82 Å². The standard InChI is InChI=1S/C12H14N4O/c1-9-8-11(16(2)15-9)14-12(17)13-10-6-4-3-5-7-10/h3-8H,1-2H3,(H2,13,14,17). The first-order chi connectivity index (χ1) is 8.15. The number of anilines is 2. The topological polar surface area (TPSA) is 59.0 Å². The second-order valence-electron chi connectivity index (χ2n) is 3.74. The lowest BCUT2D eigenvalue weighted by atomic mass is 10.3. The van der Waals surface area contributed by atoms with Crippen LogP contribution in [0.5, 0.6) is 0 Å². The molecule has 0 bridgehead atoms. The van der Waals surface area contributed by atoms with Crippen molar-refractivity contribution in [3.63, 3.8) is 0 Å². The summed E-state index contributed by atoms with van der Waals surface area (Å²) in [6.07, 6.45) is 0. The average Bonchev–Trinajstić information content (AvgIpc) is 2.58.